The molecule has 1 aromatic rings. The number of likely N-dealkylation sites (tertiary alicyclic amines) is 1. The number of ether oxygens (including phenoxy) is 3. The second-order valence-electron chi connectivity index (χ2n) is 6.61. The zero-order valence-corrected chi connectivity index (χ0v) is 14.0. The van der Waals surface area contributed by atoms with E-state index >= 15 is 0 Å². The molecule has 0 aliphatic carbocycles. The molecule has 1 aromatic carbocycles. The van der Waals surface area contributed by atoms with Crippen LogP contribution in [-0.2, 0) is 20.9 Å². The molecule has 0 radical (unpaired) electrons. The van der Waals surface area contributed by atoms with Gasteiger partial charge in [-0.15, -0.1) is 0 Å². The molecule has 7 nitrogen and oxygen atoms in total. The summed E-state index contributed by atoms with van der Waals surface area (Å²) in [5.41, 5.74) is 0.0169. The maximum atomic E-state index is 12.9. The summed E-state index contributed by atoms with van der Waals surface area (Å²) >= 11 is 0. The van der Waals surface area contributed by atoms with E-state index in [1.54, 1.807) is 37.3 Å². The molecule has 3 aliphatic rings. The van der Waals surface area contributed by atoms with Gasteiger partial charge < -0.3 is 24.2 Å². The molecule has 2 bridgehead atoms. The minimum atomic E-state index is -0.988. The first kappa shape index (κ1) is 16.0. The largest absolute Gasteiger partial charge is 0.497 e. The Kier molecular flexibility index (Phi) is 3.50. The second-order valence-corrected chi connectivity index (χ2v) is 6.61. The quantitative estimate of drug-likeness (QED) is 0.804. The van der Waals surface area contributed by atoms with Crippen LogP contribution in [0.3, 0.4) is 0 Å². The summed E-state index contributed by atoms with van der Waals surface area (Å²) in [4.78, 5) is 26.1. The Morgan fingerprint density at radius 3 is 2.88 bits per heavy atom. The van der Waals surface area contributed by atoms with Gasteiger partial charge in [0.1, 0.15) is 23.0 Å². The van der Waals surface area contributed by atoms with Crippen molar-refractivity contribution in [2.75, 3.05) is 20.8 Å². The fourth-order valence-electron chi connectivity index (χ4n) is 4.18. The second kappa shape index (κ2) is 5.49. The third-order valence-electron chi connectivity index (χ3n) is 5.32. The van der Waals surface area contributed by atoms with Crippen molar-refractivity contribution in [2.45, 2.75) is 18.2 Å². The van der Waals surface area contributed by atoms with Gasteiger partial charge in [0.05, 0.1) is 32.8 Å². The third kappa shape index (κ3) is 2.22. The van der Waals surface area contributed by atoms with Crippen LogP contribution < -0.4 is 9.47 Å². The Balaban J connectivity index is 1.61. The Labute approximate surface area is 144 Å². The van der Waals surface area contributed by atoms with E-state index in [0.29, 0.717) is 24.6 Å². The number of carboxylic acid groups (broad SMARTS) is 1. The molecule has 7 heteroatoms. The van der Waals surface area contributed by atoms with Gasteiger partial charge in [0.25, 0.3) is 0 Å². The number of carbonyl (C=O) groups is 2. The van der Waals surface area contributed by atoms with Gasteiger partial charge in [0.15, 0.2) is 0 Å². The lowest BCUT2D eigenvalue weighted by Gasteiger charge is -2.22. The minimum Gasteiger partial charge on any atom is -0.497 e. The number of fused-ring (bicyclic) bond motifs is 1. The molecule has 4 atom stereocenters. The van der Waals surface area contributed by atoms with Crippen LogP contribution >= 0.6 is 0 Å². The maximum absolute atomic E-state index is 12.9. The van der Waals surface area contributed by atoms with Crippen LogP contribution in [-0.4, -0.2) is 54.4 Å². The molecule has 1 N–H and O–H groups in total. The normalized spacial score (nSPS) is 32.2. The van der Waals surface area contributed by atoms with E-state index in [2.05, 4.69) is 0 Å². The average Bonchev–Trinajstić information content (AvgIpc) is 3.23. The Bertz CT molecular complexity index is 775. The summed E-state index contributed by atoms with van der Waals surface area (Å²) in [5.74, 6) is -1.36. The number of methoxy groups -OCH3 is 2. The van der Waals surface area contributed by atoms with E-state index in [9.17, 15) is 14.7 Å². The van der Waals surface area contributed by atoms with Crippen molar-refractivity contribution < 1.29 is 28.9 Å². The molecule has 3 heterocycles. The van der Waals surface area contributed by atoms with Crippen molar-refractivity contribution in [1.29, 1.82) is 0 Å². The molecule has 25 heavy (non-hydrogen) atoms. The molecule has 1 amide bonds. The van der Waals surface area contributed by atoms with E-state index in [4.69, 9.17) is 14.2 Å². The number of nitrogens with zero attached hydrogens (tertiary/aromatic N) is 1. The summed E-state index contributed by atoms with van der Waals surface area (Å²) in [7, 11) is 3.14. The predicted octanol–water partition coefficient (Wildman–Crippen LogP) is 1.07. The Morgan fingerprint density at radius 1 is 1.40 bits per heavy atom. The number of hydrogen-bond acceptors (Lipinski definition) is 5. The molecule has 2 fully saturated rings. The highest BCUT2D eigenvalue weighted by atomic mass is 16.5. The number of rotatable bonds is 5. The SMILES string of the molecule is COc1ccc(CN2C[C@@]34C=C[C@@H](O3)[C@@H](C(=O)O)[C@H]4C2=O)c(OC)c1. The highest BCUT2D eigenvalue weighted by molar-refractivity contribution is 5.90. The molecular formula is C18H19NO6. The number of benzene rings is 1. The number of carboxylic acids is 1. The van der Waals surface area contributed by atoms with Crippen LogP contribution in [0.15, 0.2) is 30.4 Å². The summed E-state index contributed by atoms with van der Waals surface area (Å²) in [6, 6.07) is 5.41. The van der Waals surface area contributed by atoms with Crippen molar-refractivity contribution in [1.82, 2.24) is 4.90 Å². The van der Waals surface area contributed by atoms with Crippen LogP contribution in [0.5, 0.6) is 11.5 Å². The maximum Gasteiger partial charge on any atom is 0.310 e. The van der Waals surface area contributed by atoms with Gasteiger partial charge in [-0.05, 0) is 12.1 Å². The van der Waals surface area contributed by atoms with E-state index in [0.717, 1.165) is 5.56 Å². The Hall–Kier alpha value is -2.54. The van der Waals surface area contributed by atoms with E-state index in [1.807, 2.05) is 12.1 Å². The summed E-state index contributed by atoms with van der Waals surface area (Å²) in [6.07, 6.45) is 3.11. The topological polar surface area (TPSA) is 85.3 Å². The van der Waals surface area contributed by atoms with Gasteiger partial charge in [0, 0.05) is 18.2 Å². The molecule has 2 saturated heterocycles. The standard InChI is InChI=1S/C18H19NO6/c1-23-11-4-3-10(13(7-11)24-2)8-19-9-18-6-5-12(25-18)14(17(21)22)15(18)16(19)20/h3-7,12,14-15H,8-9H2,1-2H3,(H,21,22)/t12-,14-,15+,18-/m1/s1. The number of hydrogen-bond donors (Lipinski definition) is 1. The van der Waals surface area contributed by atoms with Gasteiger partial charge in [-0.1, -0.05) is 12.2 Å². The summed E-state index contributed by atoms with van der Waals surface area (Å²) < 4.78 is 16.5. The van der Waals surface area contributed by atoms with Crippen LogP contribution in [0.25, 0.3) is 0 Å². The summed E-state index contributed by atoms with van der Waals surface area (Å²) in [6.45, 7) is 0.681. The third-order valence-corrected chi connectivity index (χ3v) is 5.32. The van der Waals surface area contributed by atoms with Crippen molar-refractivity contribution in [3.05, 3.63) is 35.9 Å². The lowest BCUT2D eigenvalue weighted by Crippen LogP contribution is -2.39. The first-order valence-electron chi connectivity index (χ1n) is 8.09. The lowest BCUT2D eigenvalue weighted by molar-refractivity contribution is -0.148. The van der Waals surface area contributed by atoms with Crippen LogP contribution in [0, 0.1) is 11.8 Å². The van der Waals surface area contributed by atoms with Gasteiger partial charge in [-0.2, -0.15) is 0 Å². The average molecular weight is 345 g/mol. The van der Waals surface area contributed by atoms with Crippen LogP contribution in [0.1, 0.15) is 5.56 Å². The van der Waals surface area contributed by atoms with Crippen molar-refractivity contribution in [3.63, 3.8) is 0 Å². The zero-order chi connectivity index (χ0) is 17.8. The Morgan fingerprint density at radius 2 is 2.20 bits per heavy atom. The first-order valence-corrected chi connectivity index (χ1v) is 8.09. The van der Waals surface area contributed by atoms with Gasteiger partial charge in [0.2, 0.25) is 5.91 Å². The van der Waals surface area contributed by atoms with Crippen molar-refractivity contribution >= 4 is 11.9 Å². The molecular weight excluding hydrogens is 326 g/mol. The number of aliphatic carboxylic acids is 1. The van der Waals surface area contributed by atoms with Crippen molar-refractivity contribution in [2.24, 2.45) is 11.8 Å². The monoisotopic (exact) mass is 345 g/mol. The smallest absolute Gasteiger partial charge is 0.310 e. The van der Waals surface area contributed by atoms with Gasteiger partial charge in [-0.3, -0.25) is 9.59 Å². The minimum absolute atomic E-state index is 0.183. The van der Waals surface area contributed by atoms with E-state index in [1.165, 1.54) is 0 Å². The lowest BCUT2D eigenvalue weighted by atomic mass is 9.77. The van der Waals surface area contributed by atoms with E-state index < -0.39 is 29.5 Å². The number of amides is 1. The van der Waals surface area contributed by atoms with E-state index in [-0.39, 0.29) is 5.91 Å². The first-order chi connectivity index (χ1) is 12.0. The highest BCUT2D eigenvalue weighted by Gasteiger charge is 2.67. The molecule has 3 aliphatic heterocycles. The fraction of sp³-hybridized carbons (Fsp3) is 0.444. The summed E-state index contributed by atoms with van der Waals surface area (Å²) in [5, 5.41) is 9.49. The fourth-order valence-corrected chi connectivity index (χ4v) is 4.18. The molecule has 4 rings (SSSR count). The molecule has 132 valence electrons. The van der Waals surface area contributed by atoms with Crippen LogP contribution in [0.4, 0.5) is 0 Å². The molecule has 0 saturated carbocycles. The van der Waals surface area contributed by atoms with Gasteiger partial charge >= 0.3 is 5.97 Å². The zero-order valence-electron chi connectivity index (χ0n) is 14.0. The van der Waals surface area contributed by atoms with Crippen molar-refractivity contribution in [3.8, 4) is 11.5 Å². The number of carbonyl (C=O) groups excluding carboxylic acids is 1. The predicted molar refractivity (Wildman–Crippen MR) is 86.3 cm³/mol. The molecule has 0 unspecified atom stereocenters. The molecule has 0 aromatic heterocycles. The molecule has 1 spiro atoms. The highest BCUT2D eigenvalue weighted by Crippen LogP contribution is 2.52. The van der Waals surface area contributed by atoms with Crippen LogP contribution in [0.2, 0.25) is 0 Å². The van der Waals surface area contributed by atoms with Gasteiger partial charge in [-0.25, -0.2) is 0 Å².